The molecule has 0 aromatic carbocycles. The quantitative estimate of drug-likeness (QED) is 0.799. The number of hydrogen-bond donors (Lipinski definition) is 0. The van der Waals surface area contributed by atoms with E-state index < -0.39 is 0 Å². The van der Waals surface area contributed by atoms with E-state index >= 15 is 0 Å². The second-order valence-electron chi connectivity index (χ2n) is 5.26. The van der Waals surface area contributed by atoms with Crippen LogP contribution in [-0.2, 0) is 19.4 Å². The monoisotopic (exact) mass is 229 g/mol. The van der Waals surface area contributed by atoms with Gasteiger partial charge in [-0.15, -0.1) is 0 Å². The van der Waals surface area contributed by atoms with E-state index in [0.29, 0.717) is 12.3 Å². The number of nitrogens with zero attached hydrogens (tertiary/aromatic N) is 3. The van der Waals surface area contributed by atoms with Crippen molar-refractivity contribution in [2.75, 3.05) is 0 Å². The van der Waals surface area contributed by atoms with Crippen LogP contribution in [0.2, 0.25) is 0 Å². The SMILES string of the molecule is N#CCCc1nc(C2CCC2)n2c1CCCC2. The van der Waals surface area contributed by atoms with E-state index in [4.69, 9.17) is 10.2 Å². The van der Waals surface area contributed by atoms with Gasteiger partial charge in [0.15, 0.2) is 0 Å². The molecular formula is C14H19N3. The first-order chi connectivity index (χ1) is 8.40. The van der Waals surface area contributed by atoms with E-state index in [1.165, 1.54) is 55.7 Å². The predicted octanol–water partition coefficient (Wildman–Crippen LogP) is 2.94. The molecule has 0 amide bonds. The molecule has 3 nitrogen and oxygen atoms in total. The zero-order valence-corrected chi connectivity index (χ0v) is 10.3. The molecule has 0 bridgehead atoms. The highest BCUT2D eigenvalue weighted by Gasteiger charge is 2.28. The van der Waals surface area contributed by atoms with Gasteiger partial charge < -0.3 is 4.57 Å². The molecule has 3 heteroatoms. The van der Waals surface area contributed by atoms with Gasteiger partial charge in [-0.1, -0.05) is 6.42 Å². The lowest BCUT2D eigenvalue weighted by molar-refractivity contribution is 0.376. The Bertz CT molecular complexity index is 449. The maximum absolute atomic E-state index is 8.72. The van der Waals surface area contributed by atoms with Crippen molar-refractivity contribution in [3.63, 3.8) is 0 Å². The summed E-state index contributed by atoms with van der Waals surface area (Å²) < 4.78 is 2.47. The Hall–Kier alpha value is -1.30. The van der Waals surface area contributed by atoms with Gasteiger partial charge in [-0.3, -0.25) is 0 Å². The fourth-order valence-corrected chi connectivity index (χ4v) is 3.00. The third-order valence-electron chi connectivity index (χ3n) is 4.17. The fraction of sp³-hybridized carbons (Fsp3) is 0.714. The van der Waals surface area contributed by atoms with E-state index in [1.54, 1.807) is 0 Å². The summed E-state index contributed by atoms with van der Waals surface area (Å²) in [6.07, 6.45) is 9.19. The lowest BCUT2D eigenvalue weighted by atomic mass is 9.84. The first-order valence-electron chi connectivity index (χ1n) is 6.85. The lowest BCUT2D eigenvalue weighted by Crippen LogP contribution is -2.19. The number of hydrogen-bond acceptors (Lipinski definition) is 2. The number of aryl methyl sites for hydroxylation is 1. The molecule has 17 heavy (non-hydrogen) atoms. The highest BCUT2D eigenvalue weighted by Crippen LogP contribution is 2.38. The summed E-state index contributed by atoms with van der Waals surface area (Å²) in [6.45, 7) is 1.15. The van der Waals surface area contributed by atoms with Crippen LogP contribution in [0.5, 0.6) is 0 Å². The minimum atomic E-state index is 0.605. The van der Waals surface area contributed by atoms with Gasteiger partial charge in [-0.05, 0) is 32.1 Å². The fourth-order valence-electron chi connectivity index (χ4n) is 3.00. The second-order valence-corrected chi connectivity index (χ2v) is 5.26. The summed E-state index contributed by atoms with van der Waals surface area (Å²) in [7, 11) is 0. The zero-order chi connectivity index (χ0) is 11.7. The normalized spacial score (nSPS) is 19.5. The van der Waals surface area contributed by atoms with Gasteiger partial charge in [-0.25, -0.2) is 4.98 Å². The van der Waals surface area contributed by atoms with Crippen LogP contribution in [0.15, 0.2) is 0 Å². The Morgan fingerprint density at radius 3 is 2.88 bits per heavy atom. The molecule has 1 aromatic rings. The van der Waals surface area contributed by atoms with Crippen LogP contribution in [0.25, 0.3) is 0 Å². The summed E-state index contributed by atoms with van der Waals surface area (Å²) in [5.74, 6) is 2.04. The minimum Gasteiger partial charge on any atom is -0.332 e. The number of rotatable bonds is 3. The molecule has 1 saturated carbocycles. The minimum absolute atomic E-state index is 0.605. The van der Waals surface area contributed by atoms with Gasteiger partial charge in [-0.2, -0.15) is 5.26 Å². The standard InChI is InChI=1S/C14H19N3/c15-9-4-7-12-13-8-1-2-10-17(13)14(16-12)11-5-3-6-11/h11H,1-8,10H2. The molecule has 1 aliphatic carbocycles. The van der Waals surface area contributed by atoms with Crippen molar-refractivity contribution in [3.8, 4) is 6.07 Å². The Morgan fingerprint density at radius 1 is 1.29 bits per heavy atom. The van der Waals surface area contributed by atoms with Crippen molar-refractivity contribution in [1.29, 1.82) is 5.26 Å². The maximum Gasteiger partial charge on any atom is 0.112 e. The molecule has 90 valence electrons. The van der Waals surface area contributed by atoms with E-state index in [0.717, 1.165) is 13.0 Å². The van der Waals surface area contributed by atoms with Crippen molar-refractivity contribution in [2.24, 2.45) is 0 Å². The molecule has 0 saturated heterocycles. The molecule has 2 heterocycles. The number of aromatic nitrogens is 2. The van der Waals surface area contributed by atoms with Gasteiger partial charge in [0.2, 0.25) is 0 Å². The van der Waals surface area contributed by atoms with Crippen molar-refractivity contribution < 1.29 is 0 Å². The van der Waals surface area contributed by atoms with Crippen molar-refractivity contribution in [3.05, 3.63) is 17.2 Å². The molecule has 2 aliphatic rings. The smallest absolute Gasteiger partial charge is 0.112 e. The summed E-state index contributed by atoms with van der Waals surface area (Å²) in [4.78, 5) is 4.86. The van der Waals surface area contributed by atoms with E-state index in [1.807, 2.05) is 0 Å². The van der Waals surface area contributed by atoms with E-state index in [9.17, 15) is 0 Å². The van der Waals surface area contributed by atoms with Gasteiger partial charge in [0.05, 0.1) is 11.8 Å². The van der Waals surface area contributed by atoms with Gasteiger partial charge >= 0.3 is 0 Å². The van der Waals surface area contributed by atoms with Crippen molar-refractivity contribution >= 4 is 0 Å². The Balaban J connectivity index is 1.92. The number of nitriles is 1. The first-order valence-corrected chi connectivity index (χ1v) is 6.85. The largest absolute Gasteiger partial charge is 0.332 e. The van der Waals surface area contributed by atoms with Crippen molar-refractivity contribution in [1.82, 2.24) is 9.55 Å². The number of imidazole rings is 1. The van der Waals surface area contributed by atoms with Crippen LogP contribution in [0.4, 0.5) is 0 Å². The molecule has 1 fully saturated rings. The summed E-state index contributed by atoms with van der Waals surface area (Å²) in [5.41, 5.74) is 2.65. The third kappa shape index (κ3) is 1.86. The Labute approximate surface area is 102 Å². The molecule has 0 N–H and O–H groups in total. The maximum atomic E-state index is 8.72. The third-order valence-corrected chi connectivity index (χ3v) is 4.17. The molecule has 0 atom stereocenters. The highest BCUT2D eigenvalue weighted by molar-refractivity contribution is 5.23. The average molecular weight is 229 g/mol. The first kappa shape index (κ1) is 10.8. The lowest BCUT2D eigenvalue weighted by Gasteiger charge is -2.27. The molecule has 0 unspecified atom stereocenters. The molecule has 1 aromatic heterocycles. The molecule has 0 radical (unpaired) electrons. The number of fused-ring (bicyclic) bond motifs is 1. The van der Waals surface area contributed by atoms with Gasteiger partial charge in [0, 0.05) is 31.0 Å². The van der Waals surface area contributed by atoms with Crippen LogP contribution in [-0.4, -0.2) is 9.55 Å². The van der Waals surface area contributed by atoms with Crippen LogP contribution >= 0.6 is 0 Å². The van der Waals surface area contributed by atoms with Crippen LogP contribution < -0.4 is 0 Å². The van der Waals surface area contributed by atoms with Gasteiger partial charge in [0.1, 0.15) is 5.82 Å². The topological polar surface area (TPSA) is 41.6 Å². The zero-order valence-electron chi connectivity index (χ0n) is 10.3. The summed E-state index contributed by atoms with van der Waals surface area (Å²) in [6, 6.07) is 2.24. The Morgan fingerprint density at radius 2 is 2.18 bits per heavy atom. The second kappa shape index (κ2) is 4.52. The van der Waals surface area contributed by atoms with Crippen LogP contribution in [0, 0.1) is 11.3 Å². The molecule has 0 spiro atoms. The predicted molar refractivity (Wildman–Crippen MR) is 65.7 cm³/mol. The van der Waals surface area contributed by atoms with E-state index in [2.05, 4.69) is 10.6 Å². The molecule has 1 aliphatic heterocycles. The van der Waals surface area contributed by atoms with Gasteiger partial charge in [0.25, 0.3) is 0 Å². The summed E-state index contributed by atoms with van der Waals surface area (Å²) >= 11 is 0. The highest BCUT2D eigenvalue weighted by atomic mass is 15.1. The van der Waals surface area contributed by atoms with E-state index in [-0.39, 0.29) is 0 Å². The Kier molecular flexibility index (Phi) is 2.88. The van der Waals surface area contributed by atoms with Crippen LogP contribution in [0.1, 0.15) is 61.7 Å². The molecule has 3 rings (SSSR count). The summed E-state index contributed by atoms with van der Waals surface area (Å²) in [5, 5.41) is 8.72. The van der Waals surface area contributed by atoms with Crippen molar-refractivity contribution in [2.45, 2.75) is 63.8 Å². The molecular weight excluding hydrogens is 210 g/mol. The average Bonchev–Trinajstić information content (AvgIpc) is 2.64. The van der Waals surface area contributed by atoms with Crippen LogP contribution in [0.3, 0.4) is 0 Å².